The van der Waals surface area contributed by atoms with Crippen molar-refractivity contribution >= 4 is 11.7 Å². The second-order valence-corrected chi connectivity index (χ2v) is 5.18. The first-order valence-corrected chi connectivity index (χ1v) is 6.89. The maximum absolute atomic E-state index is 14.1. The molecule has 21 heavy (non-hydrogen) atoms. The quantitative estimate of drug-likeness (QED) is 0.682. The van der Waals surface area contributed by atoms with Gasteiger partial charge in [0.15, 0.2) is 0 Å². The van der Waals surface area contributed by atoms with E-state index in [9.17, 15) is 24.4 Å². The summed E-state index contributed by atoms with van der Waals surface area (Å²) in [5.74, 6) is -1.81. The Morgan fingerprint density at radius 2 is 2.19 bits per heavy atom. The first kappa shape index (κ1) is 15.4. The van der Waals surface area contributed by atoms with Crippen LogP contribution in [0.4, 0.5) is 10.1 Å². The summed E-state index contributed by atoms with van der Waals surface area (Å²) >= 11 is 0. The Balaban J connectivity index is 2.24. The molecule has 1 aliphatic rings. The van der Waals surface area contributed by atoms with Gasteiger partial charge >= 0.3 is 11.7 Å². The number of rotatable bonds is 4. The molecule has 0 aromatic heterocycles. The molecule has 1 atom stereocenters. The Labute approximate surface area is 121 Å². The van der Waals surface area contributed by atoms with Gasteiger partial charge < -0.3 is 5.11 Å². The molecule has 1 heterocycles. The van der Waals surface area contributed by atoms with Crippen LogP contribution >= 0.6 is 0 Å². The number of nitrogens with zero attached hydrogens (tertiary/aromatic N) is 2. The van der Waals surface area contributed by atoms with Crippen LogP contribution < -0.4 is 0 Å². The molecule has 0 radical (unpaired) electrons. The molecule has 1 N–H and O–H groups in total. The molecular formula is C14H17FN2O4. The second-order valence-electron chi connectivity index (χ2n) is 5.18. The standard InChI is InChI=1S/C14H17FN2O4/c15-13-10(5-4-7-11(13)17(20)21)9-16-8-3-1-2-6-12(16)14(18)19/h4-5,7,12H,1-3,6,8-9H2,(H,18,19). The largest absolute Gasteiger partial charge is 0.480 e. The van der Waals surface area contributed by atoms with Gasteiger partial charge in [0.1, 0.15) is 6.04 Å². The summed E-state index contributed by atoms with van der Waals surface area (Å²) in [5, 5.41) is 20.0. The molecule has 6 nitrogen and oxygen atoms in total. The fourth-order valence-corrected chi connectivity index (χ4v) is 2.68. The van der Waals surface area contributed by atoms with Crippen molar-refractivity contribution in [2.45, 2.75) is 38.3 Å². The molecule has 1 aromatic carbocycles. The van der Waals surface area contributed by atoms with Crippen LogP contribution in [0, 0.1) is 15.9 Å². The summed E-state index contributed by atoms with van der Waals surface area (Å²) in [6.07, 6.45) is 3.13. The zero-order chi connectivity index (χ0) is 15.4. The maximum atomic E-state index is 14.1. The zero-order valence-corrected chi connectivity index (χ0v) is 11.5. The molecule has 0 amide bonds. The average molecular weight is 296 g/mol. The Morgan fingerprint density at radius 3 is 2.86 bits per heavy atom. The Hall–Kier alpha value is -2.02. The molecule has 1 fully saturated rings. The van der Waals surface area contributed by atoms with E-state index < -0.39 is 28.4 Å². The summed E-state index contributed by atoms with van der Waals surface area (Å²) in [6, 6.07) is 3.33. The van der Waals surface area contributed by atoms with Gasteiger partial charge in [0.2, 0.25) is 5.82 Å². The van der Waals surface area contributed by atoms with E-state index in [1.807, 2.05) is 0 Å². The van der Waals surface area contributed by atoms with Crippen LogP contribution in [-0.4, -0.2) is 33.5 Å². The fraction of sp³-hybridized carbons (Fsp3) is 0.500. The summed E-state index contributed by atoms with van der Waals surface area (Å²) in [4.78, 5) is 23.0. The lowest BCUT2D eigenvalue weighted by Crippen LogP contribution is -2.40. The third-order valence-corrected chi connectivity index (χ3v) is 3.78. The van der Waals surface area contributed by atoms with Crippen molar-refractivity contribution in [3.63, 3.8) is 0 Å². The van der Waals surface area contributed by atoms with Gasteiger partial charge in [0.05, 0.1) is 4.92 Å². The second kappa shape index (κ2) is 6.62. The number of nitro groups is 1. The first-order chi connectivity index (χ1) is 10.0. The third kappa shape index (κ3) is 3.55. The van der Waals surface area contributed by atoms with E-state index in [-0.39, 0.29) is 12.1 Å². The number of benzene rings is 1. The van der Waals surface area contributed by atoms with Gasteiger partial charge in [-0.05, 0) is 19.4 Å². The van der Waals surface area contributed by atoms with Crippen LogP contribution in [0.3, 0.4) is 0 Å². The number of carboxylic acids is 1. The van der Waals surface area contributed by atoms with Gasteiger partial charge in [-0.15, -0.1) is 0 Å². The SMILES string of the molecule is O=C(O)C1CCCCCN1Cc1cccc([N+](=O)[O-])c1F. The lowest BCUT2D eigenvalue weighted by atomic mass is 10.1. The zero-order valence-electron chi connectivity index (χ0n) is 11.5. The average Bonchev–Trinajstić information content (AvgIpc) is 2.66. The molecule has 0 spiro atoms. The number of aliphatic carboxylic acids is 1. The predicted molar refractivity (Wildman–Crippen MR) is 73.4 cm³/mol. The van der Waals surface area contributed by atoms with Crippen molar-refractivity contribution in [2.24, 2.45) is 0 Å². The fourth-order valence-electron chi connectivity index (χ4n) is 2.68. The molecule has 1 saturated heterocycles. The molecule has 1 aliphatic heterocycles. The maximum Gasteiger partial charge on any atom is 0.320 e. The molecule has 114 valence electrons. The lowest BCUT2D eigenvalue weighted by Gasteiger charge is -2.26. The Kier molecular flexibility index (Phi) is 4.85. The highest BCUT2D eigenvalue weighted by Gasteiger charge is 2.28. The molecule has 1 unspecified atom stereocenters. The smallest absolute Gasteiger partial charge is 0.320 e. The topological polar surface area (TPSA) is 83.7 Å². The van der Waals surface area contributed by atoms with E-state index in [2.05, 4.69) is 0 Å². The molecule has 2 rings (SSSR count). The van der Waals surface area contributed by atoms with E-state index in [1.54, 1.807) is 4.90 Å². The number of hydrogen-bond acceptors (Lipinski definition) is 4. The monoisotopic (exact) mass is 296 g/mol. The van der Waals surface area contributed by atoms with Crippen molar-refractivity contribution in [1.29, 1.82) is 0 Å². The van der Waals surface area contributed by atoms with Gasteiger partial charge in [0, 0.05) is 18.2 Å². The van der Waals surface area contributed by atoms with Crippen molar-refractivity contribution < 1.29 is 19.2 Å². The van der Waals surface area contributed by atoms with E-state index in [4.69, 9.17) is 0 Å². The van der Waals surface area contributed by atoms with Crippen LogP contribution in [-0.2, 0) is 11.3 Å². The van der Waals surface area contributed by atoms with Crippen molar-refractivity contribution in [3.05, 3.63) is 39.7 Å². The first-order valence-electron chi connectivity index (χ1n) is 6.89. The van der Waals surface area contributed by atoms with E-state index >= 15 is 0 Å². The summed E-state index contributed by atoms with van der Waals surface area (Å²) in [6.45, 7) is 0.629. The van der Waals surface area contributed by atoms with Crippen molar-refractivity contribution in [1.82, 2.24) is 4.90 Å². The summed E-state index contributed by atoms with van der Waals surface area (Å²) in [5.41, 5.74) is -0.411. The minimum atomic E-state index is -0.928. The molecule has 0 saturated carbocycles. The highest BCUT2D eigenvalue weighted by atomic mass is 19.1. The number of carboxylic acid groups (broad SMARTS) is 1. The van der Waals surface area contributed by atoms with Crippen molar-refractivity contribution in [3.8, 4) is 0 Å². The summed E-state index contributed by atoms with van der Waals surface area (Å²) < 4.78 is 14.1. The molecule has 0 aliphatic carbocycles. The van der Waals surface area contributed by atoms with Gasteiger partial charge in [-0.3, -0.25) is 19.8 Å². The number of likely N-dealkylation sites (tertiary alicyclic amines) is 1. The number of halogens is 1. The van der Waals surface area contributed by atoms with Gasteiger partial charge in [0.25, 0.3) is 0 Å². The Morgan fingerprint density at radius 1 is 1.43 bits per heavy atom. The van der Waals surface area contributed by atoms with E-state index in [0.29, 0.717) is 13.0 Å². The summed E-state index contributed by atoms with van der Waals surface area (Å²) in [7, 11) is 0. The molecule has 7 heteroatoms. The van der Waals surface area contributed by atoms with Crippen LogP contribution in [0.25, 0.3) is 0 Å². The van der Waals surface area contributed by atoms with Crippen LogP contribution in [0.2, 0.25) is 0 Å². The molecule has 0 bridgehead atoms. The predicted octanol–water partition coefficient (Wildman–Crippen LogP) is 2.56. The third-order valence-electron chi connectivity index (χ3n) is 3.78. The molecular weight excluding hydrogens is 279 g/mol. The van der Waals surface area contributed by atoms with E-state index in [0.717, 1.165) is 25.3 Å². The normalized spacial score (nSPS) is 20.0. The van der Waals surface area contributed by atoms with Gasteiger partial charge in [-0.1, -0.05) is 25.0 Å². The minimum Gasteiger partial charge on any atom is -0.480 e. The minimum absolute atomic E-state index is 0.0739. The van der Waals surface area contributed by atoms with Crippen LogP contribution in [0.5, 0.6) is 0 Å². The van der Waals surface area contributed by atoms with E-state index in [1.165, 1.54) is 12.1 Å². The highest BCUT2D eigenvalue weighted by molar-refractivity contribution is 5.73. The number of hydrogen-bond donors (Lipinski definition) is 1. The van der Waals surface area contributed by atoms with Crippen LogP contribution in [0.1, 0.15) is 31.2 Å². The van der Waals surface area contributed by atoms with Crippen LogP contribution in [0.15, 0.2) is 18.2 Å². The lowest BCUT2D eigenvalue weighted by molar-refractivity contribution is -0.387. The van der Waals surface area contributed by atoms with Gasteiger partial charge in [-0.25, -0.2) is 0 Å². The van der Waals surface area contributed by atoms with Gasteiger partial charge in [-0.2, -0.15) is 4.39 Å². The van der Waals surface area contributed by atoms with Crippen molar-refractivity contribution in [2.75, 3.05) is 6.54 Å². The molecule has 1 aromatic rings. The number of nitro benzene ring substituents is 1. The Bertz CT molecular complexity index is 550. The highest BCUT2D eigenvalue weighted by Crippen LogP contribution is 2.24. The number of carbonyl (C=O) groups is 1.